The fourth-order valence-corrected chi connectivity index (χ4v) is 2.68. The first-order valence-corrected chi connectivity index (χ1v) is 8.74. The molecule has 0 aromatic heterocycles. The smallest absolute Gasteiger partial charge is 0.265 e. The van der Waals surface area contributed by atoms with Crippen LogP contribution >= 0.6 is 0 Å². The van der Waals surface area contributed by atoms with Gasteiger partial charge in [-0.25, -0.2) is 0 Å². The fraction of sp³-hybridized carbons (Fsp3) is 0.0870. The standard InChI is InChI=1S/C23H18N2O3/c24-15-16-25(20-9-5-2-6-10-20)22(26)17-28-21-13-11-19(12-14-21)23(27)18-7-3-1-4-8-18/h1-14H,16-17H2. The molecule has 0 aliphatic rings. The number of hydrogen-bond acceptors (Lipinski definition) is 4. The zero-order valence-electron chi connectivity index (χ0n) is 15.1. The Morgan fingerprint density at radius 2 is 1.39 bits per heavy atom. The molecule has 0 spiro atoms. The van der Waals surface area contributed by atoms with Gasteiger partial charge in [0.05, 0.1) is 6.07 Å². The molecule has 0 unspecified atom stereocenters. The average Bonchev–Trinajstić information content (AvgIpc) is 2.77. The third-order valence-corrected chi connectivity index (χ3v) is 4.11. The van der Waals surface area contributed by atoms with Gasteiger partial charge in [-0.3, -0.25) is 14.5 Å². The summed E-state index contributed by atoms with van der Waals surface area (Å²) in [7, 11) is 0. The molecule has 138 valence electrons. The van der Waals surface area contributed by atoms with Gasteiger partial charge >= 0.3 is 0 Å². The predicted molar refractivity (Wildman–Crippen MR) is 106 cm³/mol. The molecule has 0 fully saturated rings. The number of nitrogens with zero attached hydrogens (tertiary/aromatic N) is 2. The Morgan fingerprint density at radius 3 is 2.00 bits per heavy atom. The van der Waals surface area contributed by atoms with Gasteiger partial charge in [0.2, 0.25) is 0 Å². The summed E-state index contributed by atoms with van der Waals surface area (Å²) < 4.78 is 5.55. The molecule has 3 rings (SSSR count). The maximum Gasteiger partial charge on any atom is 0.265 e. The van der Waals surface area contributed by atoms with E-state index in [2.05, 4.69) is 0 Å². The van der Waals surface area contributed by atoms with Crippen LogP contribution < -0.4 is 9.64 Å². The molecule has 3 aromatic rings. The summed E-state index contributed by atoms with van der Waals surface area (Å²) in [5.41, 5.74) is 1.79. The second-order valence-electron chi connectivity index (χ2n) is 5.98. The number of hydrogen-bond donors (Lipinski definition) is 0. The summed E-state index contributed by atoms with van der Waals surface area (Å²) >= 11 is 0. The highest BCUT2D eigenvalue weighted by Crippen LogP contribution is 2.17. The highest BCUT2D eigenvalue weighted by molar-refractivity contribution is 6.09. The highest BCUT2D eigenvalue weighted by Gasteiger charge is 2.16. The van der Waals surface area contributed by atoms with Crippen LogP contribution in [0.2, 0.25) is 0 Å². The maximum absolute atomic E-state index is 12.5. The van der Waals surface area contributed by atoms with Gasteiger partial charge in [-0.2, -0.15) is 5.26 Å². The van der Waals surface area contributed by atoms with Gasteiger partial charge in [0, 0.05) is 16.8 Å². The molecule has 3 aromatic carbocycles. The maximum atomic E-state index is 12.5. The zero-order valence-corrected chi connectivity index (χ0v) is 15.1. The molecule has 5 nitrogen and oxygen atoms in total. The van der Waals surface area contributed by atoms with E-state index >= 15 is 0 Å². The first-order chi connectivity index (χ1) is 13.7. The van der Waals surface area contributed by atoms with Crippen LogP contribution in [-0.2, 0) is 4.79 Å². The number of anilines is 1. The molecule has 0 radical (unpaired) electrons. The monoisotopic (exact) mass is 370 g/mol. The summed E-state index contributed by atoms with van der Waals surface area (Å²) in [6.07, 6.45) is 0. The van der Waals surface area contributed by atoms with Crippen molar-refractivity contribution < 1.29 is 14.3 Å². The summed E-state index contributed by atoms with van der Waals surface area (Å²) in [5, 5.41) is 8.99. The quantitative estimate of drug-likeness (QED) is 0.468. The van der Waals surface area contributed by atoms with E-state index in [-0.39, 0.29) is 24.8 Å². The molecular weight excluding hydrogens is 352 g/mol. The summed E-state index contributed by atoms with van der Waals surface area (Å²) in [5.74, 6) is 0.0765. The molecule has 28 heavy (non-hydrogen) atoms. The van der Waals surface area contributed by atoms with E-state index in [1.54, 1.807) is 60.7 Å². The van der Waals surface area contributed by atoms with Crippen molar-refractivity contribution in [2.45, 2.75) is 0 Å². The van der Waals surface area contributed by atoms with Crippen LogP contribution in [0.5, 0.6) is 5.75 Å². The van der Waals surface area contributed by atoms with E-state index in [0.29, 0.717) is 22.6 Å². The van der Waals surface area contributed by atoms with Crippen LogP contribution in [0.3, 0.4) is 0 Å². The first kappa shape index (κ1) is 18.9. The van der Waals surface area contributed by atoms with Gasteiger partial charge in [-0.15, -0.1) is 0 Å². The minimum atomic E-state index is -0.322. The Hall–Kier alpha value is -3.91. The summed E-state index contributed by atoms with van der Waals surface area (Å²) in [4.78, 5) is 26.2. The fourth-order valence-electron chi connectivity index (χ4n) is 2.68. The van der Waals surface area contributed by atoms with Crippen molar-refractivity contribution in [1.29, 1.82) is 5.26 Å². The number of carbonyl (C=O) groups excluding carboxylic acids is 2. The van der Waals surface area contributed by atoms with Gasteiger partial charge in [0.15, 0.2) is 12.4 Å². The third kappa shape index (κ3) is 4.63. The van der Waals surface area contributed by atoms with Crippen LogP contribution in [0.4, 0.5) is 5.69 Å². The number of benzene rings is 3. The van der Waals surface area contributed by atoms with Gasteiger partial charge in [-0.1, -0.05) is 48.5 Å². The average molecular weight is 370 g/mol. The van der Waals surface area contributed by atoms with E-state index < -0.39 is 0 Å². The van der Waals surface area contributed by atoms with Crippen molar-refractivity contribution in [3.05, 3.63) is 96.1 Å². The molecule has 0 atom stereocenters. The molecule has 0 bridgehead atoms. The predicted octanol–water partition coefficient (Wildman–Crippen LogP) is 3.85. The Balaban J connectivity index is 1.63. The Labute approximate surface area is 163 Å². The van der Waals surface area contributed by atoms with Crippen molar-refractivity contribution in [3.63, 3.8) is 0 Å². The van der Waals surface area contributed by atoms with Crippen molar-refractivity contribution in [2.75, 3.05) is 18.1 Å². The number of rotatable bonds is 7. The largest absolute Gasteiger partial charge is 0.484 e. The van der Waals surface area contributed by atoms with Crippen LogP contribution in [0.25, 0.3) is 0 Å². The number of para-hydroxylation sites is 1. The summed E-state index contributed by atoms with van der Waals surface area (Å²) in [6.45, 7) is -0.265. The Bertz CT molecular complexity index is 978. The third-order valence-electron chi connectivity index (χ3n) is 4.11. The lowest BCUT2D eigenvalue weighted by Gasteiger charge is -2.19. The van der Waals surface area contributed by atoms with Crippen molar-refractivity contribution in [1.82, 2.24) is 0 Å². The minimum Gasteiger partial charge on any atom is -0.484 e. The lowest BCUT2D eigenvalue weighted by molar-refractivity contribution is -0.120. The van der Waals surface area contributed by atoms with E-state index in [1.165, 1.54) is 4.90 Å². The molecule has 5 heteroatoms. The van der Waals surface area contributed by atoms with E-state index in [0.717, 1.165) is 0 Å². The number of amides is 1. The second-order valence-corrected chi connectivity index (χ2v) is 5.98. The molecule has 0 saturated heterocycles. The number of ether oxygens (including phenoxy) is 1. The first-order valence-electron chi connectivity index (χ1n) is 8.74. The minimum absolute atomic E-state index is 0.0588. The molecule has 1 amide bonds. The normalized spacial score (nSPS) is 9.96. The lowest BCUT2D eigenvalue weighted by atomic mass is 10.0. The molecule has 0 heterocycles. The molecule has 0 aliphatic carbocycles. The lowest BCUT2D eigenvalue weighted by Crippen LogP contribution is -2.35. The van der Waals surface area contributed by atoms with Crippen LogP contribution in [0.1, 0.15) is 15.9 Å². The molecule has 0 N–H and O–H groups in total. The Kier molecular flexibility index (Phi) is 6.17. The number of carbonyl (C=O) groups is 2. The van der Waals surface area contributed by atoms with Crippen LogP contribution in [0, 0.1) is 11.3 Å². The van der Waals surface area contributed by atoms with Crippen molar-refractivity contribution in [2.24, 2.45) is 0 Å². The second kappa shape index (κ2) is 9.15. The van der Waals surface area contributed by atoms with Crippen molar-refractivity contribution >= 4 is 17.4 Å². The topological polar surface area (TPSA) is 70.4 Å². The van der Waals surface area contributed by atoms with Gasteiger partial charge in [0.25, 0.3) is 5.91 Å². The molecular formula is C23H18N2O3. The SMILES string of the molecule is N#CCN(C(=O)COc1ccc(C(=O)c2ccccc2)cc1)c1ccccc1. The van der Waals surface area contributed by atoms with Gasteiger partial charge in [0.1, 0.15) is 12.3 Å². The number of ketones is 1. The molecule has 0 saturated carbocycles. The molecule has 0 aliphatic heterocycles. The Morgan fingerprint density at radius 1 is 0.821 bits per heavy atom. The van der Waals surface area contributed by atoms with E-state index in [1.807, 2.05) is 30.3 Å². The van der Waals surface area contributed by atoms with Crippen LogP contribution in [-0.4, -0.2) is 24.8 Å². The van der Waals surface area contributed by atoms with Gasteiger partial charge in [-0.05, 0) is 36.4 Å². The van der Waals surface area contributed by atoms with E-state index in [9.17, 15) is 9.59 Å². The zero-order chi connectivity index (χ0) is 19.8. The van der Waals surface area contributed by atoms with Crippen LogP contribution in [0.15, 0.2) is 84.9 Å². The highest BCUT2D eigenvalue weighted by atomic mass is 16.5. The van der Waals surface area contributed by atoms with Crippen molar-refractivity contribution in [3.8, 4) is 11.8 Å². The van der Waals surface area contributed by atoms with E-state index in [4.69, 9.17) is 10.00 Å². The number of nitriles is 1. The van der Waals surface area contributed by atoms with Gasteiger partial charge < -0.3 is 4.74 Å². The summed E-state index contributed by atoms with van der Waals surface area (Å²) in [6, 6.07) is 26.6.